The number of rotatable bonds is 8. The number of carbonyl (C=O) groups is 2. The quantitative estimate of drug-likeness (QED) is 0.494. The summed E-state index contributed by atoms with van der Waals surface area (Å²) in [5.41, 5.74) is 3.71. The van der Waals surface area contributed by atoms with Crippen molar-refractivity contribution in [2.45, 2.75) is 38.1 Å². The van der Waals surface area contributed by atoms with Crippen LogP contribution in [-0.4, -0.2) is 42.5 Å². The monoisotopic (exact) mass is 410 g/mol. The van der Waals surface area contributed by atoms with E-state index in [9.17, 15) is 9.59 Å². The Balaban J connectivity index is 1.80. The topological polar surface area (TPSA) is 108 Å². The molecular formula is C22H27BN2O5. The Kier molecular flexibility index (Phi) is 7.49. The summed E-state index contributed by atoms with van der Waals surface area (Å²) in [7, 11) is -0.0562. The SMILES string of the molecule is COc1ccc(C(CC(=O)NCB(O)O)NC(=O)c2cccc3c2CCCC3)cc1. The van der Waals surface area contributed by atoms with Crippen LogP contribution in [0.15, 0.2) is 42.5 Å². The smallest absolute Gasteiger partial charge is 0.472 e. The maximum atomic E-state index is 13.1. The number of benzene rings is 2. The highest BCUT2D eigenvalue weighted by atomic mass is 16.5. The van der Waals surface area contributed by atoms with E-state index < -0.39 is 13.2 Å². The highest BCUT2D eigenvalue weighted by Crippen LogP contribution is 2.26. The van der Waals surface area contributed by atoms with E-state index in [4.69, 9.17) is 14.8 Å². The Bertz CT molecular complexity index is 886. The van der Waals surface area contributed by atoms with Gasteiger partial charge < -0.3 is 25.4 Å². The van der Waals surface area contributed by atoms with Gasteiger partial charge >= 0.3 is 7.12 Å². The second-order valence-electron chi connectivity index (χ2n) is 7.44. The predicted molar refractivity (Wildman–Crippen MR) is 114 cm³/mol. The summed E-state index contributed by atoms with van der Waals surface area (Å²) in [5, 5.41) is 23.4. The van der Waals surface area contributed by atoms with Crippen molar-refractivity contribution in [2.75, 3.05) is 13.6 Å². The van der Waals surface area contributed by atoms with E-state index in [0.717, 1.165) is 36.8 Å². The van der Waals surface area contributed by atoms with E-state index in [-0.39, 0.29) is 24.7 Å². The molecule has 1 aliphatic rings. The first-order valence-electron chi connectivity index (χ1n) is 10.2. The minimum atomic E-state index is -1.63. The lowest BCUT2D eigenvalue weighted by atomic mass is 9.88. The Morgan fingerprint density at radius 3 is 2.53 bits per heavy atom. The fourth-order valence-electron chi connectivity index (χ4n) is 3.78. The van der Waals surface area contributed by atoms with Gasteiger partial charge in [0.15, 0.2) is 0 Å². The van der Waals surface area contributed by atoms with Crippen LogP contribution in [0.1, 0.15) is 52.4 Å². The molecule has 3 rings (SSSR count). The third kappa shape index (κ3) is 5.61. The summed E-state index contributed by atoms with van der Waals surface area (Å²) < 4.78 is 5.19. The van der Waals surface area contributed by atoms with E-state index in [1.807, 2.05) is 12.1 Å². The number of aryl methyl sites for hydroxylation is 1. The van der Waals surface area contributed by atoms with Crippen molar-refractivity contribution in [3.8, 4) is 5.75 Å². The first-order valence-corrected chi connectivity index (χ1v) is 10.2. The van der Waals surface area contributed by atoms with Crippen LogP contribution in [0.3, 0.4) is 0 Å². The van der Waals surface area contributed by atoms with Crippen molar-refractivity contribution in [2.24, 2.45) is 0 Å². The number of nitrogens with one attached hydrogen (secondary N) is 2. The molecule has 2 aromatic carbocycles. The van der Waals surface area contributed by atoms with E-state index in [1.54, 1.807) is 31.4 Å². The zero-order chi connectivity index (χ0) is 21.5. The third-order valence-corrected chi connectivity index (χ3v) is 5.34. The molecule has 0 fully saturated rings. The van der Waals surface area contributed by atoms with Gasteiger partial charge in [-0.05, 0) is 60.6 Å². The van der Waals surface area contributed by atoms with Crippen LogP contribution in [-0.2, 0) is 17.6 Å². The van der Waals surface area contributed by atoms with Gasteiger partial charge in [0.05, 0.1) is 26.0 Å². The zero-order valence-corrected chi connectivity index (χ0v) is 17.1. The van der Waals surface area contributed by atoms with E-state index in [1.165, 1.54) is 5.56 Å². The van der Waals surface area contributed by atoms with Crippen molar-refractivity contribution in [1.29, 1.82) is 0 Å². The van der Waals surface area contributed by atoms with E-state index in [2.05, 4.69) is 16.7 Å². The van der Waals surface area contributed by atoms with Crippen molar-refractivity contribution < 1.29 is 24.4 Å². The van der Waals surface area contributed by atoms with E-state index >= 15 is 0 Å². The molecule has 30 heavy (non-hydrogen) atoms. The summed E-state index contributed by atoms with van der Waals surface area (Å²) in [4.78, 5) is 25.4. The number of ether oxygens (including phenoxy) is 1. The van der Waals surface area contributed by atoms with Gasteiger partial charge in [-0.25, -0.2) is 0 Å². The molecule has 0 bridgehead atoms. The van der Waals surface area contributed by atoms with Crippen LogP contribution in [0, 0.1) is 0 Å². The molecule has 1 unspecified atom stereocenters. The second kappa shape index (κ2) is 10.3. The predicted octanol–water partition coefficient (Wildman–Crippen LogP) is 1.56. The number of methoxy groups -OCH3 is 1. The largest absolute Gasteiger partial charge is 0.497 e. The molecule has 0 saturated carbocycles. The molecule has 7 nitrogen and oxygen atoms in total. The van der Waals surface area contributed by atoms with Gasteiger partial charge in [-0.3, -0.25) is 9.59 Å². The normalized spacial score (nSPS) is 13.7. The van der Waals surface area contributed by atoms with Crippen LogP contribution < -0.4 is 15.4 Å². The molecule has 4 N–H and O–H groups in total. The van der Waals surface area contributed by atoms with Gasteiger partial charge in [0, 0.05) is 5.56 Å². The van der Waals surface area contributed by atoms with Crippen LogP contribution >= 0.6 is 0 Å². The highest BCUT2D eigenvalue weighted by molar-refractivity contribution is 6.41. The van der Waals surface area contributed by atoms with Crippen molar-refractivity contribution in [1.82, 2.24) is 10.6 Å². The average Bonchev–Trinajstić information content (AvgIpc) is 2.76. The van der Waals surface area contributed by atoms with Crippen molar-refractivity contribution >= 4 is 18.9 Å². The van der Waals surface area contributed by atoms with E-state index in [0.29, 0.717) is 11.3 Å². The summed E-state index contributed by atoms with van der Waals surface area (Å²) in [6, 6.07) is 12.4. The third-order valence-electron chi connectivity index (χ3n) is 5.34. The molecule has 2 aromatic rings. The molecule has 0 spiro atoms. The highest BCUT2D eigenvalue weighted by Gasteiger charge is 2.23. The standard InChI is InChI=1S/C22H27BN2O5/c1-30-17-11-9-16(10-12-17)20(13-21(26)24-14-23(28)29)25-22(27)19-8-4-6-15-5-2-3-7-18(15)19/h4,6,8-12,20,28-29H,2-3,5,7,13-14H2,1H3,(H,24,26)(H,25,27). The molecule has 0 radical (unpaired) electrons. The molecule has 2 amide bonds. The van der Waals surface area contributed by atoms with Crippen LogP contribution in [0.25, 0.3) is 0 Å². The maximum Gasteiger partial charge on any atom is 0.472 e. The Hall–Kier alpha value is -2.84. The van der Waals surface area contributed by atoms with Crippen LogP contribution in [0.4, 0.5) is 0 Å². The Labute approximate surface area is 176 Å². The van der Waals surface area contributed by atoms with Gasteiger partial charge in [0.2, 0.25) is 5.91 Å². The first kappa shape index (κ1) is 21.9. The molecule has 0 aliphatic heterocycles. The molecule has 0 aromatic heterocycles. The van der Waals surface area contributed by atoms with Gasteiger partial charge in [0.1, 0.15) is 5.75 Å². The van der Waals surface area contributed by atoms with Crippen LogP contribution in [0.2, 0.25) is 0 Å². The average molecular weight is 410 g/mol. The number of carbonyl (C=O) groups excluding carboxylic acids is 2. The van der Waals surface area contributed by atoms with Crippen molar-refractivity contribution in [3.63, 3.8) is 0 Å². The molecule has 0 heterocycles. The summed E-state index contributed by atoms with van der Waals surface area (Å²) in [6.07, 6.45) is 3.74. The zero-order valence-electron chi connectivity index (χ0n) is 17.1. The van der Waals surface area contributed by atoms with Gasteiger partial charge in [-0.15, -0.1) is 0 Å². The van der Waals surface area contributed by atoms with Crippen molar-refractivity contribution in [3.05, 3.63) is 64.7 Å². The van der Waals surface area contributed by atoms with Crippen LogP contribution in [0.5, 0.6) is 5.75 Å². The minimum Gasteiger partial charge on any atom is -0.497 e. The second-order valence-corrected chi connectivity index (χ2v) is 7.44. The number of hydrogen-bond acceptors (Lipinski definition) is 5. The summed E-state index contributed by atoms with van der Waals surface area (Å²) in [6.45, 7) is 0. The molecule has 1 atom stereocenters. The van der Waals surface area contributed by atoms with Gasteiger partial charge in [0.25, 0.3) is 5.91 Å². The lowest BCUT2D eigenvalue weighted by Crippen LogP contribution is -2.38. The summed E-state index contributed by atoms with van der Waals surface area (Å²) >= 11 is 0. The van der Waals surface area contributed by atoms with Gasteiger partial charge in [-0.2, -0.15) is 0 Å². The summed E-state index contributed by atoms with van der Waals surface area (Å²) in [5.74, 6) is 0.0673. The fraction of sp³-hybridized carbons (Fsp3) is 0.364. The molecule has 1 aliphatic carbocycles. The lowest BCUT2D eigenvalue weighted by Gasteiger charge is -2.22. The fourth-order valence-corrected chi connectivity index (χ4v) is 3.78. The minimum absolute atomic E-state index is 0.0280. The van der Waals surface area contributed by atoms with Gasteiger partial charge in [-0.1, -0.05) is 24.3 Å². The first-order chi connectivity index (χ1) is 14.5. The Morgan fingerprint density at radius 2 is 1.83 bits per heavy atom. The number of amides is 2. The molecule has 0 saturated heterocycles. The molecular weight excluding hydrogens is 383 g/mol. The molecule has 8 heteroatoms. The lowest BCUT2D eigenvalue weighted by molar-refractivity contribution is -0.121. The number of hydrogen-bond donors (Lipinski definition) is 4. The molecule has 158 valence electrons. The maximum absolute atomic E-state index is 13.1. The number of fused-ring (bicyclic) bond motifs is 1. The Morgan fingerprint density at radius 1 is 1.10 bits per heavy atom.